The van der Waals surface area contributed by atoms with E-state index in [1.165, 1.54) is 56.6 Å². The first kappa shape index (κ1) is 22.3. The number of nitrogens with zero attached hydrogens (tertiary/aromatic N) is 6. The SMILES string of the molecule is Cc1cc(-c2nn(-c3ccc(-n4cccn4)cc3F)ccc2=O)n(-c2cccc(C(F)(F)F)c2)n1. The van der Waals surface area contributed by atoms with Gasteiger partial charge in [0.15, 0.2) is 11.5 Å². The molecule has 3 aromatic heterocycles. The summed E-state index contributed by atoms with van der Waals surface area (Å²) in [5, 5.41) is 12.6. The Morgan fingerprint density at radius 3 is 2.40 bits per heavy atom. The van der Waals surface area contributed by atoms with Crippen molar-refractivity contribution in [2.24, 2.45) is 0 Å². The Labute approximate surface area is 195 Å². The standard InChI is InChI=1S/C24H16F4N6O/c1-15-12-21(34(30-15)18-5-2-4-16(13-18)24(26,27)28)23-22(35)8-11-33(31-23)20-7-6-17(14-19(20)25)32-10-3-9-29-32/h2-14H,1H3. The topological polar surface area (TPSA) is 70.5 Å². The van der Waals surface area contributed by atoms with Crippen LogP contribution in [0.25, 0.3) is 28.5 Å². The highest BCUT2D eigenvalue weighted by atomic mass is 19.4. The fourth-order valence-corrected chi connectivity index (χ4v) is 3.64. The summed E-state index contributed by atoms with van der Waals surface area (Å²) < 4.78 is 58.6. The van der Waals surface area contributed by atoms with Crippen LogP contribution in [0.5, 0.6) is 0 Å². The molecule has 0 fully saturated rings. The van der Waals surface area contributed by atoms with Crippen LogP contribution in [0.4, 0.5) is 17.6 Å². The van der Waals surface area contributed by atoms with E-state index < -0.39 is 23.0 Å². The second-order valence-corrected chi connectivity index (χ2v) is 7.69. The largest absolute Gasteiger partial charge is 0.416 e. The molecule has 5 aromatic rings. The van der Waals surface area contributed by atoms with E-state index in [1.54, 1.807) is 31.5 Å². The first-order valence-corrected chi connectivity index (χ1v) is 10.4. The van der Waals surface area contributed by atoms with E-state index in [0.717, 1.165) is 12.1 Å². The lowest BCUT2D eigenvalue weighted by molar-refractivity contribution is -0.137. The number of benzene rings is 2. The third-order valence-corrected chi connectivity index (χ3v) is 5.25. The van der Waals surface area contributed by atoms with Crippen molar-refractivity contribution in [3.63, 3.8) is 0 Å². The number of aryl methyl sites for hydroxylation is 1. The Bertz CT molecular complexity index is 1580. The Balaban J connectivity index is 1.60. The predicted octanol–water partition coefficient (Wildman–Crippen LogP) is 4.74. The van der Waals surface area contributed by atoms with Crippen molar-refractivity contribution in [3.8, 4) is 28.5 Å². The van der Waals surface area contributed by atoms with Crippen LogP contribution in [0.15, 0.2) is 84.0 Å². The van der Waals surface area contributed by atoms with E-state index in [-0.39, 0.29) is 22.8 Å². The molecule has 0 saturated heterocycles. The van der Waals surface area contributed by atoms with Gasteiger partial charge in [-0.3, -0.25) is 4.79 Å². The van der Waals surface area contributed by atoms with E-state index in [4.69, 9.17) is 0 Å². The number of hydrogen-bond donors (Lipinski definition) is 0. The quantitative estimate of drug-likeness (QED) is 0.349. The lowest BCUT2D eigenvalue weighted by Crippen LogP contribution is -2.16. The molecule has 5 rings (SSSR count). The smallest absolute Gasteiger partial charge is 0.287 e. The van der Waals surface area contributed by atoms with Gasteiger partial charge in [-0.2, -0.15) is 28.5 Å². The van der Waals surface area contributed by atoms with Crippen molar-refractivity contribution >= 4 is 0 Å². The van der Waals surface area contributed by atoms with Crippen LogP contribution in [0.1, 0.15) is 11.3 Å². The fraction of sp³-hybridized carbons (Fsp3) is 0.0833. The molecule has 0 aliphatic heterocycles. The van der Waals surface area contributed by atoms with Crippen LogP contribution in [-0.4, -0.2) is 29.3 Å². The summed E-state index contributed by atoms with van der Waals surface area (Å²) in [4.78, 5) is 12.7. The maximum Gasteiger partial charge on any atom is 0.416 e. The molecular weight excluding hydrogens is 464 g/mol. The Hall–Kier alpha value is -4.54. The molecule has 176 valence electrons. The van der Waals surface area contributed by atoms with Crippen molar-refractivity contribution in [3.05, 3.63) is 107 Å². The van der Waals surface area contributed by atoms with Crippen molar-refractivity contribution in [1.82, 2.24) is 29.3 Å². The lowest BCUT2D eigenvalue weighted by atomic mass is 10.2. The molecule has 0 radical (unpaired) electrons. The van der Waals surface area contributed by atoms with E-state index >= 15 is 0 Å². The van der Waals surface area contributed by atoms with Gasteiger partial charge in [-0.1, -0.05) is 6.07 Å². The van der Waals surface area contributed by atoms with Crippen molar-refractivity contribution in [2.75, 3.05) is 0 Å². The van der Waals surface area contributed by atoms with Crippen LogP contribution >= 0.6 is 0 Å². The molecule has 7 nitrogen and oxygen atoms in total. The minimum atomic E-state index is -4.55. The molecule has 0 atom stereocenters. The molecule has 0 aliphatic carbocycles. The summed E-state index contributed by atoms with van der Waals surface area (Å²) in [5.74, 6) is -0.609. The zero-order chi connectivity index (χ0) is 24.7. The zero-order valence-electron chi connectivity index (χ0n) is 18.1. The van der Waals surface area contributed by atoms with Gasteiger partial charge >= 0.3 is 6.18 Å². The maximum absolute atomic E-state index is 15.0. The van der Waals surface area contributed by atoms with Crippen LogP contribution in [-0.2, 0) is 6.18 Å². The highest BCUT2D eigenvalue weighted by molar-refractivity contribution is 5.59. The summed E-state index contributed by atoms with van der Waals surface area (Å²) in [6.45, 7) is 1.64. The third-order valence-electron chi connectivity index (χ3n) is 5.25. The molecule has 11 heteroatoms. The van der Waals surface area contributed by atoms with Crippen LogP contribution in [0.2, 0.25) is 0 Å². The molecular formula is C24H16F4N6O. The van der Waals surface area contributed by atoms with Gasteiger partial charge < -0.3 is 0 Å². The van der Waals surface area contributed by atoms with Gasteiger partial charge in [-0.05, 0) is 49.4 Å². The van der Waals surface area contributed by atoms with Crippen LogP contribution in [0.3, 0.4) is 0 Å². The van der Waals surface area contributed by atoms with Crippen molar-refractivity contribution < 1.29 is 17.6 Å². The highest BCUT2D eigenvalue weighted by Gasteiger charge is 2.31. The molecule has 0 spiro atoms. The normalized spacial score (nSPS) is 11.7. The van der Waals surface area contributed by atoms with Gasteiger partial charge in [0.1, 0.15) is 5.69 Å². The first-order valence-electron chi connectivity index (χ1n) is 10.4. The minimum absolute atomic E-state index is 0.0732. The van der Waals surface area contributed by atoms with Gasteiger partial charge in [-0.25, -0.2) is 18.4 Å². The molecule has 2 aromatic carbocycles. The monoisotopic (exact) mass is 480 g/mol. The maximum atomic E-state index is 15.0. The number of aromatic nitrogens is 6. The van der Waals surface area contributed by atoms with Crippen LogP contribution in [0, 0.1) is 12.7 Å². The number of alkyl halides is 3. The summed E-state index contributed by atoms with van der Waals surface area (Å²) in [6.07, 6.45) is 0.00393. The molecule has 0 bridgehead atoms. The van der Waals surface area contributed by atoms with Gasteiger partial charge in [0.25, 0.3) is 0 Å². The minimum Gasteiger partial charge on any atom is -0.287 e. The Kier molecular flexibility index (Phi) is 5.31. The molecule has 3 heterocycles. The van der Waals surface area contributed by atoms with E-state index in [9.17, 15) is 22.4 Å². The van der Waals surface area contributed by atoms with Gasteiger partial charge in [-0.15, -0.1) is 0 Å². The molecule has 0 N–H and O–H groups in total. The van der Waals surface area contributed by atoms with Crippen LogP contribution < -0.4 is 5.43 Å². The highest BCUT2D eigenvalue weighted by Crippen LogP contribution is 2.31. The zero-order valence-corrected chi connectivity index (χ0v) is 18.1. The number of halogens is 4. The summed E-state index contributed by atoms with van der Waals surface area (Å²) >= 11 is 0. The van der Waals surface area contributed by atoms with Gasteiger partial charge in [0, 0.05) is 30.7 Å². The average molecular weight is 480 g/mol. The summed E-state index contributed by atoms with van der Waals surface area (Å²) in [6, 6.07) is 13.4. The Morgan fingerprint density at radius 2 is 1.69 bits per heavy atom. The van der Waals surface area contributed by atoms with Gasteiger partial charge in [0.05, 0.1) is 28.3 Å². The second-order valence-electron chi connectivity index (χ2n) is 7.69. The summed E-state index contributed by atoms with van der Waals surface area (Å²) in [5.41, 5.74) is -0.136. The second kappa shape index (κ2) is 8.35. The van der Waals surface area contributed by atoms with Crippen molar-refractivity contribution in [2.45, 2.75) is 13.1 Å². The average Bonchev–Trinajstić information content (AvgIpc) is 3.49. The number of rotatable bonds is 4. The molecule has 0 saturated carbocycles. The van der Waals surface area contributed by atoms with E-state index in [1.807, 2.05) is 0 Å². The lowest BCUT2D eigenvalue weighted by Gasteiger charge is -2.12. The fourth-order valence-electron chi connectivity index (χ4n) is 3.64. The van der Waals surface area contributed by atoms with Crippen molar-refractivity contribution in [1.29, 1.82) is 0 Å². The number of hydrogen-bond acceptors (Lipinski definition) is 4. The first-order chi connectivity index (χ1) is 16.7. The third kappa shape index (κ3) is 4.23. The molecule has 0 aliphatic rings. The summed E-state index contributed by atoms with van der Waals surface area (Å²) in [7, 11) is 0. The molecule has 0 unspecified atom stereocenters. The Morgan fingerprint density at radius 1 is 0.857 bits per heavy atom. The predicted molar refractivity (Wildman–Crippen MR) is 119 cm³/mol. The van der Waals surface area contributed by atoms with E-state index in [0.29, 0.717) is 11.4 Å². The molecule has 35 heavy (non-hydrogen) atoms. The molecule has 0 amide bonds. The van der Waals surface area contributed by atoms with E-state index in [2.05, 4.69) is 15.3 Å². The van der Waals surface area contributed by atoms with Gasteiger partial charge in [0.2, 0.25) is 5.43 Å².